The van der Waals surface area contributed by atoms with E-state index in [1.54, 1.807) is 0 Å². The molecule has 9 rings (SSSR count). The molecule has 0 unspecified atom stereocenters. The van der Waals surface area contributed by atoms with Gasteiger partial charge < -0.3 is 41.3 Å². The van der Waals surface area contributed by atoms with Crippen LogP contribution in [0.5, 0.6) is 0 Å². The van der Waals surface area contributed by atoms with Gasteiger partial charge >= 0.3 is 35.8 Å². The molecule has 18 nitrogen and oxygen atoms in total. The number of fused-ring (bicyclic) bond motifs is 4. The number of benzene rings is 6. The summed E-state index contributed by atoms with van der Waals surface area (Å²) in [4.78, 5) is 102. The molecule has 0 heterocycles. The van der Waals surface area contributed by atoms with E-state index in [1.165, 1.54) is 0 Å². The summed E-state index contributed by atoms with van der Waals surface area (Å²) in [6, 6.07) is 29.5. The zero-order chi connectivity index (χ0) is 51.4. The van der Waals surface area contributed by atoms with Crippen LogP contribution >= 0.6 is 0 Å². The van der Waals surface area contributed by atoms with Gasteiger partial charge in [-0.1, -0.05) is 72.8 Å². The maximum atomic E-state index is 15.1. The molecule has 6 aromatic carbocycles. The number of carbonyl (C=O) groups is 8. The van der Waals surface area contributed by atoms with Crippen molar-refractivity contribution in [2.45, 2.75) is 62.4 Å². The van der Waals surface area contributed by atoms with E-state index in [0.717, 1.165) is 75.1 Å². The van der Waals surface area contributed by atoms with E-state index in [9.17, 15) is 59.4 Å². The van der Waals surface area contributed by atoms with Crippen LogP contribution in [0.2, 0.25) is 0 Å². The Hall–Kier alpha value is -8.22. The van der Waals surface area contributed by atoms with Crippen LogP contribution in [-0.4, -0.2) is 139 Å². The lowest BCUT2D eigenvalue weighted by Gasteiger charge is -2.44. The minimum absolute atomic E-state index is 0.0218. The van der Waals surface area contributed by atoms with E-state index in [0.29, 0.717) is 0 Å². The number of amides is 2. The third-order valence-corrected chi connectivity index (χ3v) is 13.7. The van der Waals surface area contributed by atoms with Gasteiger partial charge in [0.15, 0.2) is 0 Å². The molecule has 18 heteroatoms. The molecule has 0 aliphatic heterocycles. The topological polar surface area (TPSA) is 288 Å². The molecule has 6 aromatic rings. The summed E-state index contributed by atoms with van der Waals surface area (Å²) in [5, 5.41) is 71.0. The standard InChI is InChI=1S/C54H52N4O14/c59-41(60)25-57(26-42(61)62)39(53(69)70)13-5-7-19-55-51(67)49-47-36-18-16-34-22-30-10-2-4-12-32(30)24-38(34)46(36)48(35-17-15-33-21-29-9-1-3-11-31(29)23-37(33)45(35)47)50(49)52(68)56-20-8-6-14-40(54(71)72)58(27-43(63)64)28-44(65)66/h1-4,9-12,15-18,21-24,39-40,47-48H,5-8,13-14,19-20,25-28H2,(H,55,67)(H,56,68)(H,59,60)(H,61,62)(H,63,64)(H,65,66)(H,69,70)(H,71,72)/t39-,40-,47+,48+/m0/s1. The Bertz CT molecular complexity index is 2990. The first-order valence-corrected chi connectivity index (χ1v) is 23.5. The number of hydrogen-bond donors (Lipinski definition) is 8. The largest absolute Gasteiger partial charge is 0.480 e. The highest BCUT2D eigenvalue weighted by Crippen LogP contribution is 2.59. The summed E-state index contributed by atoms with van der Waals surface area (Å²) in [6.45, 7) is -3.17. The van der Waals surface area contributed by atoms with Crippen molar-refractivity contribution >= 4 is 90.7 Å². The molecule has 0 aromatic heterocycles. The van der Waals surface area contributed by atoms with Crippen molar-refractivity contribution < 1.29 is 69.0 Å². The Morgan fingerprint density at radius 2 is 0.764 bits per heavy atom. The number of carboxylic acid groups (broad SMARTS) is 6. The van der Waals surface area contributed by atoms with Crippen LogP contribution in [0.15, 0.2) is 108 Å². The summed E-state index contributed by atoms with van der Waals surface area (Å²) < 4.78 is 0. The van der Waals surface area contributed by atoms with E-state index in [4.69, 9.17) is 0 Å². The van der Waals surface area contributed by atoms with Crippen molar-refractivity contribution in [2.75, 3.05) is 39.3 Å². The van der Waals surface area contributed by atoms with Crippen molar-refractivity contribution in [3.05, 3.63) is 130 Å². The number of carbonyl (C=O) groups excluding carboxylic acids is 2. The first kappa shape index (κ1) is 50.2. The number of hydrogen-bond acceptors (Lipinski definition) is 10. The van der Waals surface area contributed by atoms with E-state index in [1.807, 2.05) is 72.8 Å². The number of nitrogens with zero attached hydrogens (tertiary/aromatic N) is 2. The predicted molar refractivity (Wildman–Crippen MR) is 264 cm³/mol. The fourth-order valence-corrected chi connectivity index (χ4v) is 10.7. The minimum atomic E-state index is -1.42. The Labute approximate surface area is 411 Å². The zero-order valence-corrected chi connectivity index (χ0v) is 38.9. The molecular weight excluding hydrogens is 929 g/mol. The molecule has 72 heavy (non-hydrogen) atoms. The predicted octanol–water partition coefficient (Wildman–Crippen LogP) is 5.61. The highest BCUT2D eigenvalue weighted by molar-refractivity contribution is 6.14. The molecule has 3 aliphatic rings. The van der Waals surface area contributed by atoms with E-state index in [-0.39, 0.29) is 62.8 Å². The van der Waals surface area contributed by atoms with Gasteiger partial charge in [-0.05, 0) is 128 Å². The van der Waals surface area contributed by atoms with Gasteiger partial charge in [-0.3, -0.25) is 48.2 Å². The fraction of sp³-hybridized carbons (Fsp3) is 0.296. The first-order chi connectivity index (χ1) is 34.5. The van der Waals surface area contributed by atoms with Crippen LogP contribution in [0.1, 0.15) is 72.6 Å². The Balaban J connectivity index is 1.16. The van der Waals surface area contributed by atoms with Gasteiger partial charge in [0.1, 0.15) is 12.1 Å². The Kier molecular flexibility index (Phi) is 14.9. The molecule has 2 bridgehead atoms. The molecule has 0 fully saturated rings. The molecular formula is C54H52N4O14. The highest BCUT2D eigenvalue weighted by Gasteiger charge is 2.49. The van der Waals surface area contributed by atoms with Crippen molar-refractivity contribution in [2.24, 2.45) is 0 Å². The summed E-state index contributed by atoms with van der Waals surface area (Å²) in [7, 11) is 0. The minimum Gasteiger partial charge on any atom is -0.480 e. The smallest absolute Gasteiger partial charge is 0.320 e. The molecule has 0 saturated carbocycles. The van der Waals surface area contributed by atoms with Gasteiger partial charge in [-0.15, -0.1) is 0 Å². The van der Waals surface area contributed by atoms with E-state index < -0.39 is 97.7 Å². The van der Waals surface area contributed by atoms with Crippen LogP contribution in [0.4, 0.5) is 0 Å². The van der Waals surface area contributed by atoms with Crippen molar-refractivity contribution in [3.8, 4) is 0 Å². The van der Waals surface area contributed by atoms with E-state index in [2.05, 4.69) is 34.9 Å². The highest BCUT2D eigenvalue weighted by atomic mass is 16.4. The average molecular weight is 981 g/mol. The molecule has 0 radical (unpaired) electrons. The molecule has 2 amide bonds. The van der Waals surface area contributed by atoms with Gasteiger partial charge in [0.2, 0.25) is 11.8 Å². The van der Waals surface area contributed by atoms with Crippen molar-refractivity contribution in [1.82, 2.24) is 20.4 Å². The molecule has 3 aliphatic carbocycles. The number of unbranched alkanes of at least 4 members (excludes halogenated alkanes) is 2. The van der Waals surface area contributed by atoms with Gasteiger partial charge in [0, 0.05) is 36.1 Å². The monoisotopic (exact) mass is 980 g/mol. The van der Waals surface area contributed by atoms with Gasteiger partial charge in [-0.2, -0.15) is 0 Å². The quantitative estimate of drug-likeness (QED) is 0.0270. The molecule has 0 spiro atoms. The van der Waals surface area contributed by atoms with Gasteiger partial charge in [-0.25, -0.2) is 0 Å². The normalized spacial score (nSPS) is 15.6. The zero-order valence-electron chi connectivity index (χ0n) is 38.9. The summed E-state index contributed by atoms with van der Waals surface area (Å²) in [6.07, 6.45) is 0.558. The number of rotatable bonds is 24. The SMILES string of the molecule is O=C(O)CN(CC(=O)O)[C@@H](CCCCNC(=O)C1=C(C(=O)NCCCC[C@@H](C(=O)O)N(CC(=O)O)CC(=O)O)[C@@H]2c3ccc4cc5ccccc5cc4c3[C@H]1c1ccc3cc4ccccc4cc3c12)C(=O)O. The van der Waals surface area contributed by atoms with Gasteiger partial charge in [0.05, 0.1) is 26.2 Å². The third-order valence-electron chi connectivity index (χ3n) is 13.7. The maximum Gasteiger partial charge on any atom is 0.320 e. The molecule has 0 saturated heterocycles. The first-order valence-electron chi connectivity index (χ1n) is 23.5. The summed E-state index contributed by atoms with van der Waals surface area (Å²) >= 11 is 0. The van der Waals surface area contributed by atoms with Crippen molar-refractivity contribution in [3.63, 3.8) is 0 Å². The second-order valence-corrected chi connectivity index (χ2v) is 18.3. The number of nitrogens with one attached hydrogen (secondary N) is 2. The third kappa shape index (κ3) is 10.5. The van der Waals surface area contributed by atoms with Crippen LogP contribution in [0.3, 0.4) is 0 Å². The number of aliphatic carboxylic acids is 6. The summed E-state index contributed by atoms with van der Waals surface area (Å²) in [5.41, 5.74) is 3.83. The lowest BCUT2D eigenvalue weighted by Crippen LogP contribution is -2.46. The lowest BCUT2D eigenvalue weighted by atomic mass is 9.59. The Morgan fingerprint density at radius 1 is 0.431 bits per heavy atom. The average Bonchev–Trinajstić information content (AvgIpc) is 3.32. The Morgan fingerprint density at radius 3 is 1.08 bits per heavy atom. The van der Waals surface area contributed by atoms with Crippen LogP contribution in [0, 0.1) is 0 Å². The second kappa shape index (κ2) is 21.4. The number of carboxylic acids is 6. The lowest BCUT2D eigenvalue weighted by molar-refractivity contribution is -0.152. The molecule has 372 valence electrons. The van der Waals surface area contributed by atoms with Crippen LogP contribution in [0.25, 0.3) is 43.1 Å². The summed E-state index contributed by atoms with van der Waals surface area (Å²) in [5.74, 6) is -10.9. The molecule has 4 atom stereocenters. The maximum absolute atomic E-state index is 15.1. The van der Waals surface area contributed by atoms with Gasteiger partial charge in [0.25, 0.3) is 0 Å². The fourth-order valence-electron chi connectivity index (χ4n) is 10.7. The van der Waals surface area contributed by atoms with Crippen LogP contribution < -0.4 is 10.6 Å². The second-order valence-electron chi connectivity index (χ2n) is 18.3. The van der Waals surface area contributed by atoms with Crippen molar-refractivity contribution in [1.29, 1.82) is 0 Å². The van der Waals surface area contributed by atoms with Crippen LogP contribution in [-0.2, 0) is 38.4 Å². The molecule has 8 N–H and O–H groups in total. The van der Waals surface area contributed by atoms with E-state index >= 15 is 9.59 Å².